The SMILES string of the molecule is CCOC(=O)c1sc(C(C)NC(=NC)NCc2cccc(C(F)(F)F)c2)nc1C.I. The van der Waals surface area contributed by atoms with Gasteiger partial charge in [-0.25, -0.2) is 9.78 Å². The minimum absolute atomic E-state index is 0. The number of alkyl halides is 3. The number of guanidine groups is 1. The van der Waals surface area contributed by atoms with Gasteiger partial charge in [0.2, 0.25) is 0 Å². The van der Waals surface area contributed by atoms with Crippen LogP contribution in [0.3, 0.4) is 0 Å². The van der Waals surface area contributed by atoms with E-state index in [-0.39, 0.29) is 43.2 Å². The van der Waals surface area contributed by atoms with Gasteiger partial charge in [-0.05, 0) is 38.5 Å². The van der Waals surface area contributed by atoms with Gasteiger partial charge < -0.3 is 15.4 Å². The summed E-state index contributed by atoms with van der Waals surface area (Å²) in [5.41, 5.74) is 0.368. The fourth-order valence-electron chi connectivity index (χ4n) is 2.49. The van der Waals surface area contributed by atoms with Gasteiger partial charge >= 0.3 is 12.1 Å². The molecular weight excluding hydrogens is 532 g/mol. The van der Waals surface area contributed by atoms with Crippen molar-refractivity contribution >= 4 is 47.2 Å². The Morgan fingerprint density at radius 3 is 2.67 bits per heavy atom. The molecule has 0 saturated heterocycles. The number of hydrogen-bond acceptors (Lipinski definition) is 5. The minimum atomic E-state index is -4.39. The summed E-state index contributed by atoms with van der Waals surface area (Å²) in [6, 6.07) is 4.84. The highest BCUT2D eigenvalue weighted by Crippen LogP contribution is 2.29. The highest BCUT2D eigenvalue weighted by Gasteiger charge is 2.30. The second-order valence-electron chi connectivity index (χ2n) is 6.18. The number of aliphatic imine (C=N–C) groups is 1. The number of esters is 1. The van der Waals surface area contributed by atoms with Crippen molar-refractivity contribution in [3.05, 3.63) is 51.0 Å². The lowest BCUT2D eigenvalue weighted by molar-refractivity contribution is -0.137. The number of ether oxygens (including phenoxy) is 1. The van der Waals surface area contributed by atoms with E-state index in [1.54, 1.807) is 27.0 Å². The Bertz CT molecular complexity index is 887. The van der Waals surface area contributed by atoms with Crippen molar-refractivity contribution < 1.29 is 22.7 Å². The third kappa shape index (κ3) is 7.11. The van der Waals surface area contributed by atoms with Crippen molar-refractivity contribution in [3.63, 3.8) is 0 Å². The molecule has 2 rings (SSSR count). The van der Waals surface area contributed by atoms with Crippen LogP contribution in [0.15, 0.2) is 29.3 Å². The zero-order valence-corrected chi connectivity index (χ0v) is 20.1. The van der Waals surface area contributed by atoms with E-state index in [9.17, 15) is 18.0 Å². The zero-order valence-electron chi connectivity index (χ0n) is 17.0. The normalized spacial score (nSPS) is 12.7. The quantitative estimate of drug-likeness (QED) is 0.234. The van der Waals surface area contributed by atoms with Crippen LogP contribution in [0.25, 0.3) is 0 Å². The number of nitrogens with one attached hydrogen (secondary N) is 2. The molecule has 0 aliphatic heterocycles. The number of aryl methyl sites for hydroxylation is 1. The van der Waals surface area contributed by atoms with Crippen LogP contribution in [-0.2, 0) is 17.5 Å². The van der Waals surface area contributed by atoms with Gasteiger partial charge in [0, 0.05) is 13.6 Å². The van der Waals surface area contributed by atoms with Crippen LogP contribution in [0.1, 0.15) is 51.4 Å². The molecule has 2 N–H and O–H groups in total. The number of carbonyl (C=O) groups is 1. The summed E-state index contributed by atoms with van der Waals surface area (Å²) in [6.07, 6.45) is -4.39. The van der Waals surface area contributed by atoms with Gasteiger partial charge in [0.15, 0.2) is 5.96 Å². The van der Waals surface area contributed by atoms with Gasteiger partial charge in [-0.3, -0.25) is 4.99 Å². The molecule has 0 radical (unpaired) electrons. The molecular formula is C19H24F3IN4O2S. The fraction of sp³-hybridized carbons (Fsp3) is 0.421. The monoisotopic (exact) mass is 556 g/mol. The van der Waals surface area contributed by atoms with Crippen molar-refractivity contribution in [2.24, 2.45) is 4.99 Å². The van der Waals surface area contributed by atoms with E-state index in [1.165, 1.54) is 17.4 Å². The standard InChI is InChI=1S/C19H23F3N4O2S.HI/c1-5-28-17(27)15-11(2)25-16(29-15)12(3)26-18(23-4)24-10-13-7-6-8-14(9-13)19(20,21)22;/h6-9,12H,5,10H2,1-4H3,(H2,23,24,26);1H. The predicted molar refractivity (Wildman–Crippen MR) is 121 cm³/mol. The number of aromatic nitrogens is 1. The van der Waals surface area contributed by atoms with E-state index in [0.717, 1.165) is 12.1 Å². The molecule has 1 aromatic carbocycles. The van der Waals surface area contributed by atoms with Crippen LogP contribution >= 0.6 is 35.3 Å². The summed E-state index contributed by atoms with van der Waals surface area (Å²) in [5, 5.41) is 6.78. The Labute approximate surface area is 194 Å². The lowest BCUT2D eigenvalue weighted by Crippen LogP contribution is -2.38. The molecule has 1 aromatic heterocycles. The lowest BCUT2D eigenvalue weighted by atomic mass is 10.1. The van der Waals surface area contributed by atoms with E-state index in [4.69, 9.17) is 4.74 Å². The number of benzene rings is 1. The summed E-state index contributed by atoms with van der Waals surface area (Å²) < 4.78 is 43.5. The van der Waals surface area contributed by atoms with E-state index in [2.05, 4.69) is 20.6 Å². The first-order valence-electron chi connectivity index (χ1n) is 8.93. The highest BCUT2D eigenvalue weighted by atomic mass is 127. The summed E-state index contributed by atoms with van der Waals surface area (Å²) in [5.74, 6) is -0.00606. The Balaban J connectivity index is 0.00000450. The molecule has 0 bridgehead atoms. The van der Waals surface area contributed by atoms with Crippen LogP contribution in [-0.4, -0.2) is 30.6 Å². The van der Waals surface area contributed by atoms with E-state index >= 15 is 0 Å². The number of rotatable bonds is 6. The maximum atomic E-state index is 12.8. The largest absolute Gasteiger partial charge is 0.462 e. The third-order valence-corrected chi connectivity index (χ3v) is 5.26. The van der Waals surface area contributed by atoms with E-state index in [1.807, 2.05) is 6.92 Å². The molecule has 1 unspecified atom stereocenters. The molecule has 166 valence electrons. The Kier molecular flexibility index (Phi) is 10.0. The van der Waals surface area contributed by atoms with Crippen LogP contribution < -0.4 is 10.6 Å². The average molecular weight is 556 g/mol. The first kappa shape index (κ1) is 26.1. The molecule has 1 heterocycles. The fourth-order valence-corrected chi connectivity index (χ4v) is 3.46. The highest BCUT2D eigenvalue weighted by molar-refractivity contribution is 14.0. The molecule has 2 aromatic rings. The van der Waals surface area contributed by atoms with Gasteiger partial charge in [-0.2, -0.15) is 13.2 Å². The molecule has 0 fully saturated rings. The molecule has 30 heavy (non-hydrogen) atoms. The molecule has 0 aliphatic rings. The Morgan fingerprint density at radius 2 is 2.07 bits per heavy atom. The molecule has 1 atom stereocenters. The number of halogens is 4. The number of hydrogen-bond donors (Lipinski definition) is 2. The Morgan fingerprint density at radius 1 is 1.37 bits per heavy atom. The summed E-state index contributed by atoms with van der Waals surface area (Å²) in [7, 11) is 1.56. The maximum absolute atomic E-state index is 12.8. The predicted octanol–water partition coefficient (Wildman–Crippen LogP) is 4.69. The van der Waals surface area contributed by atoms with Crippen LogP contribution in [0.5, 0.6) is 0 Å². The Hall–Kier alpha value is -1.89. The first-order valence-corrected chi connectivity index (χ1v) is 9.75. The lowest BCUT2D eigenvalue weighted by Gasteiger charge is -2.16. The molecule has 0 aliphatic carbocycles. The minimum Gasteiger partial charge on any atom is -0.462 e. The van der Waals surface area contributed by atoms with E-state index < -0.39 is 17.7 Å². The van der Waals surface area contributed by atoms with Gasteiger partial charge in [-0.15, -0.1) is 35.3 Å². The molecule has 0 saturated carbocycles. The molecule has 0 amide bonds. The van der Waals surface area contributed by atoms with Crippen molar-refractivity contribution in [1.29, 1.82) is 0 Å². The van der Waals surface area contributed by atoms with Gasteiger partial charge in [-0.1, -0.05) is 12.1 Å². The summed E-state index contributed by atoms with van der Waals surface area (Å²) >= 11 is 1.23. The van der Waals surface area contributed by atoms with Crippen molar-refractivity contribution in [1.82, 2.24) is 15.6 Å². The van der Waals surface area contributed by atoms with Gasteiger partial charge in [0.1, 0.15) is 9.88 Å². The van der Waals surface area contributed by atoms with Crippen LogP contribution in [0.2, 0.25) is 0 Å². The zero-order chi connectivity index (χ0) is 21.6. The topological polar surface area (TPSA) is 75.6 Å². The number of nitrogens with zero attached hydrogens (tertiary/aromatic N) is 2. The van der Waals surface area contributed by atoms with Gasteiger partial charge in [0.05, 0.1) is 23.9 Å². The second-order valence-corrected chi connectivity index (χ2v) is 7.21. The number of thiazole rings is 1. The van der Waals surface area contributed by atoms with Gasteiger partial charge in [0.25, 0.3) is 0 Å². The van der Waals surface area contributed by atoms with Crippen molar-refractivity contribution in [3.8, 4) is 0 Å². The van der Waals surface area contributed by atoms with Crippen LogP contribution in [0, 0.1) is 6.92 Å². The maximum Gasteiger partial charge on any atom is 0.416 e. The van der Waals surface area contributed by atoms with E-state index in [0.29, 0.717) is 27.1 Å². The average Bonchev–Trinajstić information content (AvgIpc) is 3.06. The number of carbonyl (C=O) groups excluding carboxylic acids is 1. The second kappa shape index (κ2) is 11.5. The van der Waals surface area contributed by atoms with Crippen LogP contribution in [0.4, 0.5) is 13.2 Å². The van der Waals surface area contributed by atoms with Crippen molar-refractivity contribution in [2.75, 3.05) is 13.7 Å². The molecule has 6 nitrogen and oxygen atoms in total. The molecule has 0 spiro atoms. The van der Waals surface area contributed by atoms with Crippen molar-refractivity contribution in [2.45, 2.75) is 39.5 Å². The third-order valence-electron chi connectivity index (χ3n) is 3.94. The summed E-state index contributed by atoms with van der Waals surface area (Å²) in [6.45, 7) is 5.77. The first-order chi connectivity index (χ1) is 13.7. The summed E-state index contributed by atoms with van der Waals surface area (Å²) in [4.78, 5) is 20.9. The smallest absolute Gasteiger partial charge is 0.416 e. The molecule has 11 heteroatoms.